The van der Waals surface area contributed by atoms with Crippen molar-refractivity contribution in [3.63, 3.8) is 0 Å². The first kappa shape index (κ1) is 19.2. The van der Waals surface area contributed by atoms with E-state index >= 15 is 0 Å². The Kier molecular flexibility index (Phi) is 6.48. The van der Waals surface area contributed by atoms with E-state index < -0.39 is 0 Å². The van der Waals surface area contributed by atoms with Gasteiger partial charge in [0, 0.05) is 19.2 Å². The van der Waals surface area contributed by atoms with Crippen LogP contribution in [-0.4, -0.2) is 36.9 Å². The van der Waals surface area contributed by atoms with Crippen LogP contribution in [-0.2, 0) is 11.3 Å². The van der Waals surface area contributed by atoms with Gasteiger partial charge in [-0.15, -0.1) is 0 Å². The van der Waals surface area contributed by atoms with Gasteiger partial charge in [0.1, 0.15) is 6.07 Å². The van der Waals surface area contributed by atoms with Crippen LogP contribution >= 0.6 is 0 Å². The number of amides is 2. The molecule has 2 rings (SSSR count). The summed E-state index contributed by atoms with van der Waals surface area (Å²) in [6.07, 6.45) is 0. The van der Waals surface area contributed by atoms with Crippen molar-refractivity contribution in [2.75, 3.05) is 19.4 Å². The molecule has 0 aliphatic carbocycles. The normalized spacial score (nSPS) is 11.5. The Labute approximate surface area is 153 Å². The van der Waals surface area contributed by atoms with Crippen LogP contribution in [0.3, 0.4) is 0 Å². The van der Waals surface area contributed by atoms with Crippen LogP contribution in [0.15, 0.2) is 48.5 Å². The molecule has 0 heterocycles. The molecule has 2 N–H and O–H groups in total. The zero-order chi connectivity index (χ0) is 19.1. The largest absolute Gasteiger partial charge is 0.355 e. The third-order valence-electron chi connectivity index (χ3n) is 4.22. The summed E-state index contributed by atoms with van der Waals surface area (Å²) in [6, 6.07) is 15.8. The molecule has 0 fully saturated rings. The lowest BCUT2D eigenvalue weighted by atomic mass is 10.1. The molecule has 0 saturated heterocycles. The van der Waals surface area contributed by atoms with Gasteiger partial charge >= 0.3 is 0 Å². The van der Waals surface area contributed by atoms with E-state index in [1.807, 2.05) is 31.0 Å². The van der Waals surface area contributed by atoms with Crippen LogP contribution in [0.5, 0.6) is 0 Å². The molecule has 0 spiro atoms. The first-order chi connectivity index (χ1) is 12.5. The molecule has 2 aromatic carbocycles. The molecule has 0 saturated carbocycles. The number of nitrogens with zero attached hydrogens (tertiary/aromatic N) is 2. The fraction of sp³-hybridized carbons (Fsp3) is 0.250. The number of hydrogen-bond donors (Lipinski definition) is 2. The van der Waals surface area contributed by atoms with Crippen molar-refractivity contribution in [3.8, 4) is 6.07 Å². The maximum absolute atomic E-state index is 12.5. The van der Waals surface area contributed by atoms with Gasteiger partial charge in [-0.25, -0.2) is 0 Å². The molecule has 0 bridgehead atoms. The smallest absolute Gasteiger partial charge is 0.251 e. The van der Waals surface area contributed by atoms with Gasteiger partial charge < -0.3 is 10.6 Å². The van der Waals surface area contributed by atoms with Gasteiger partial charge in [-0.1, -0.05) is 24.3 Å². The van der Waals surface area contributed by atoms with Crippen molar-refractivity contribution in [1.29, 1.82) is 5.26 Å². The number of carbonyl (C=O) groups is 2. The Balaban J connectivity index is 2.00. The van der Waals surface area contributed by atoms with E-state index in [2.05, 4.69) is 16.7 Å². The van der Waals surface area contributed by atoms with Crippen LogP contribution in [0.1, 0.15) is 28.4 Å². The molecule has 2 aromatic rings. The molecular weight excluding hydrogens is 328 g/mol. The zero-order valence-electron chi connectivity index (χ0n) is 15.1. The van der Waals surface area contributed by atoms with Crippen molar-refractivity contribution in [2.45, 2.75) is 19.5 Å². The fourth-order valence-corrected chi connectivity index (χ4v) is 2.46. The minimum absolute atomic E-state index is 0.131. The van der Waals surface area contributed by atoms with Crippen LogP contribution in [0.4, 0.5) is 5.69 Å². The predicted molar refractivity (Wildman–Crippen MR) is 101 cm³/mol. The quantitative estimate of drug-likeness (QED) is 0.838. The van der Waals surface area contributed by atoms with Gasteiger partial charge in [0.25, 0.3) is 5.91 Å². The Hall–Kier alpha value is -3.17. The average Bonchev–Trinajstić information content (AvgIpc) is 2.67. The standard InChI is InChI=1S/C20H22N4O2/c1-14(19(25)23-18-7-5-4-6-17(18)12-21)24(3)13-15-8-10-16(11-9-15)20(26)22-2/h4-11,14H,13H2,1-3H3,(H,22,26)(H,23,25)/t14-/m0/s1. The molecule has 0 unspecified atom stereocenters. The highest BCUT2D eigenvalue weighted by atomic mass is 16.2. The van der Waals surface area contributed by atoms with Crippen LogP contribution in [0.2, 0.25) is 0 Å². The van der Waals surface area contributed by atoms with Gasteiger partial charge in [0.2, 0.25) is 5.91 Å². The van der Waals surface area contributed by atoms with Crippen LogP contribution in [0.25, 0.3) is 0 Å². The van der Waals surface area contributed by atoms with Crippen LogP contribution in [0, 0.1) is 11.3 Å². The topological polar surface area (TPSA) is 85.2 Å². The predicted octanol–water partition coefficient (Wildman–Crippen LogP) is 2.38. The van der Waals surface area contributed by atoms with Gasteiger partial charge in [0.05, 0.1) is 17.3 Å². The molecule has 0 aromatic heterocycles. The Bertz CT molecular complexity index is 824. The van der Waals surface area contributed by atoms with Crippen molar-refractivity contribution in [1.82, 2.24) is 10.2 Å². The van der Waals surface area contributed by atoms with E-state index in [-0.39, 0.29) is 17.9 Å². The first-order valence-corrected chi connectivity index (χ1v) is 8.27. The summed E-state index contributed by atoms with van der Waals surface area (Å²) in [5.74, 6) is -0.314. The molecule has 134 valence electrons. The average molecular weight is 350 g/mol. The van der Waals surface area contributed by atoms with Crippen molar-refractivity contribution >= 4 is 17.5 Å². The third kappa shape index (κ3) is 4.68. The summed E-state index contributed by atoms with van der Waals surface area (Å²) in [4.78, 5) is 26.0. The zero-order valence-corrected chi connectivity index (χ0v) is 15.1. The van der Waals surface area contributed by atoms with E-state index in [0.29, 0.717) is 23.4 Å². The van der Waals surface area contributed by atoms with Gasteiger partial charge in [-0.05, 0) is 43.8 Å². The number of likely N-dealkylation sites (N-methyl/N-ethyl adjacent to an activating group) is 1. The van der Waals surface area contributed by atoms with Gasteiger partial charge in [-0.2, -0.15) is 5.26 Å². The Morgan fingerprint density at radius 3 is 2.42 bits per heavy atom. The van der Waals surface area contributed by atoms with Crippen molar-refractivity contribution in [3.05, 3.63) is 65.2 Å². The first-order valence-electron chi connectivity index (χ1n) is 8.27. The molecule has 0 aliphatic rings. The molecule has 2 amide bonds. The molecule has 0 aliphatic heterocycles. The second-order valence-electron chi connectivity index (χ2n) is 6.01. The summed E-state index contributed by atoms with van der Waals surface area (Å²) in [5.41, 5.74) is 2.53. The number of nitrogens with one attached hydrogen (secondary N) is 2. The monoisotopic (exact) mass is 350 g/mol. The highest BCUT2D eigenvalue weighted by Gasteiger charge is 2.19. The number of nitriles is 1. The highest BCUT2D eigenvalue weighted by Crippen LogP contribution is 2.15. The molecule has 6 heteroatoms. The summed E-state index contributed by atoms with van der Waals surface area (Å²) < 4.78 is 0. The maximum Gasteiger partial charge on any atom is 0.251 e. The lowest BCUT2D eigenvalue weighted by Gasteiger charge is -2.24. The van der Waals surface area contributed by atoms with E-state index in [1.165, 1.54) is 0 Å². The second-order valence-corrected chi connectivity index (χ2v) is 6.01. The molecule has 26 heavy (non-hydrogen) atoms. The number of rotatable bonds is 6. The molecule has 0 radical (unpaired) electrons. The summed E-state index contributed by atoms with van der Waals surface area (Å²) in [5, 5.41) is 14.5. The lowest BCUT2D eigenvalue weighted by molar-refractivity contribution is -0.120. The van der Waals surface area contributed by atoms with E-state index in [1.54, 1.807) is 43.4 Å². The van der Waals surface area contributed by atoms with Gasteiger partial charge in [0.15, 0.2) is 0 Å². The molecular formula is C20H22N4O2. The van der Waals surface area contributed by atoms with E-state index in [9.17, 15) is 9.59 Å². The molecule has 6 nitrogen and oxygen atoms in total. The Morgan fingerprint density at radius 1 is 1.15 bits per heavy atom. The number of para-hydroxylation sites is 1. The number of hydrogen-bond acceptors (Lipinski definition) is 4. The molecule has 1 atom stereocenters. The number of benzene rings is 2. The number of carbonyl (C=O) groups excluding carboxylic acids is 2. The summed E-state index contributed by atoms with van der Waals surface area (Å²) in [7, 11) is 3.45. The Morgan fingerprint density at radius 2 is 1.81 bits per heavy atom. The van der Waals surface area contributed by atoms with Crippen molar-refractivity contribution in [2.24, 2.45) is 0 Å². The lowest BCUT2D eigenvalue weighted by Crippen LogP contribution is -2.39. The SMILES string of the molecule is CNC(=O)c1ccc(CN(C)[C@@H](C)C(=O)Nc2ccccc2C#N)cc1. The third-order valence-corrected chi connectivity index (χ3v) is 4.22. The summed E-state index contributed by atoms with van der Waals surface area (Å²) in [6.45, 7) is 2.37. The van der Waals surface area contributed by atoms with Crippen molar-refractivity contribution < 1.29 is 9.59 Å². The fourth-order valence-electron chi connectivity index (χ4n) is 2.46. The summed E-state index contributed by atoms with van der Waals surface area (Å²) >= 11 is 0. The number of anilines is 1. The van der Waals surface area contributed by atoms with E-state index in [0.717, 1.165) is 5.56 Å². The van der Waals surface area contributed by atoms with Gasteiger partial charge in [-0.3, -0.25) is 14.5 Å². The van der Waals surface area contributed by atoms with E-state index in [4.69, 9.17) is 5.26 Å². The maximum atomic E-state index is 12.5. The second kappa shape index (κ2) is 8.79. The minimum Gasteiger partial charge on any atom is -0.355 e. The highest BCUT2D eigenvalue weighted by molar-refractivity contribution is 5.95. The minimum atomic E-state index is -0.389. The van der Waals surface area contributed by atoms with Crippen LogP contribution < -0.4 is 10.6 Å².